The van der Waals surface area contributed by atoms with Gasteiger partial charge in [0.1, 0.15) is 5.75 Å². The number of benzene rings is 1. The standard InChI is InChI=1S/C18H27BrO2/c1-13(20)5-3-6-15-9-11-16(12-10-15)21-18-8-4-7-17(19)14(18)2/h4,7-8,13,15-16,20H,3,5-6,9-12H2,1-2H3/t13?,15-,16-. The highest BCUT2D eigenvalue weighted by Gasteiger charge is 2.22. The van der Waals surface area contributed by atoms with Crippen LogP contribution in [0.5, 0.6) is 5.75 Å². The smallest absolute Gasteiger partial charge is 0.123 e. The van der Waals surface area contributed by atoms with E-state index in [1.54, 1.807) is 0 Å². The van der Waals surface area contributed by atoms with Crippen LogP contribution in [0.1, 0.15) is 57.4 Å². The number of halogens is 1. The molecule has 1 N–H and O–H groups in total. The molecule has 1 saturated carbocycles. The lowest BCUT2D eigenvalue weighted by Gasteiger charge is -2.29. The van der Waals surface area contributed by atoms with Gasteiger partial charge in [-0.1, -0.05) is 34.8 Å². The second kappa shape index (κ2) is 8.19. The van der Waals surface area contributed by atoms with Gasteiger partial charge in [0.05, 0.1) is 12.2 Å². The van der Waals surface area contributed by atoms with Crippen LogP contribution in [-0.2, 0) is 0 Å². The zero-order valence-electron chi connectivity index (χ0n) is 13.1. The number of hydrogen-bond acceptors (Lipinski definition) is 2. The molecule has 0 radical (unpaired) electrons. The first kappa shape index (κ1) is 16.8. The minimum Gasteiger partial charge on any atom is -0.490 e. The van der Waals surface area contributed by atoms with E-state index in [0.29, 0.717) is 6.10 Å². The molecule has 1 fully saturated rings. The Bertz CT molecular complexity index is 437. The van der Waals surface area contributed by atoms with E-state index < -0.39 is 0 Å². The topological polar surface area (TPSA) is 29.5 Å². The molecule has 1 atom stereocenters. The first-order valence-corrected chi connectivity index (χ1v) is 8.95. The lowest BCUT2D eigenvalue weighted by Crippen LogP contribution is -2.24. The fourth-order valence-corrected chi connectivity index (χ4v) is 3.48. The van der Waals surface area contributed by atoms with Crippen molar-refractivity contribution in [2.75, 3.05) is 0 Å². The van der Waals surface area contributed by atoms with Crippen molar-refractivity contribution in [2.24, 2.45) is 5.92 Å². The van der Waals surface area contributed by atoms with Gasteiger partial charge in [-0.15, -0.1) is 0 Å². The lowest BCUT2D eigenvalue weighted by molar-refractivity contribution is 0.123. The maximum absolute atomic E-state index is 9.31. The van der Waals surface area contributed by atoms with E-state index in [1.165, 1.54) is 24.8 Å². The molecular weight excluding hydrogens is 328 g/mol. The Hall–Kier alpha value is -0.540. The predicted octanol–water partition coefficient (Wildman–Crippen LogP) is 5.25. The molecule has 21 heavy (non-hydrogen) atoms. The zero-order valence-corrected chi connectivity index (χ0v) is 14.7. The van der Waals surface area contributed by atoms with Crippen LogP contribution in [0.2, 0.25) is 0 Å². The first-order valence-electron chi connectivity index (χ1n) is 8.16. The molecule has 0 spiro atoms. The summed E-state index contributed by atoms with van der Waals surface area (Å²) in [6, 6.07) is 6.16. The molecule has 1 aliphatic rings. The normalized spacial score (nSPS) is 23.8. The summed E-state index contributed by atoms with van der Waals surface area (Å²) in [5, 5.41) is 9.31. The van der Waals surface area contributed by atoms with Gasteiger partial charge in [0.15, 0.2) is 0 Å². The molecule has 0 amide bonds. The van der Waals surface area contributed by atoms with Gasteiger partial charge in [-0.3, -0.25) is 0 Å². The summed E-state index contributed by atoms with van der Waals surface area (Å²) < 4.78 is 7.31. The average molecular weight is 355 g/mol. The van der Waals surface area contributed by atoms with Crippen LogP contribution < -0.4 is 4.74 Å². The third-order valence-electron chi connectivity index (χ3n) is 4.54. The first-order chi connectivity index (χ1) is 10.1. The molecule has 3 heteroatoms. The summed E-state index contributed by atoms with van der Waals surface area (Å²) >= 11 is 3.56. The molecule has 0 bridgehead atoms. The molecule has 0 saturated heterocycles. The lowest BCUT2D eigenvalue weighted by atomic mass is 9.84. The van der Waals surface area contributed by atoms with E-state index >= 15 is 0 Å². The summed E-state index contributed by atoms with van der Waals surface area (Å²) in [5.74, 6) is 1.84. The second-order valence-electron chi connectivity index (χ2n) is 6.40. The fourth-order valence-electron chi connectivity index (χ4n) is 3.14. The summed E-state index contributed by atoms with van der Waals surface area (Å²) in [6.07, 6.45) is 8.40. The van der Waals surface area contributed by atoms with Crippen molar-refractivity contribution in [1.29, 1.82) is 0 Å². The number of rotatable bonds is 6. The Balaban J connectivity index is 1.75. The van der Waals surface area contributed by atoms with Crippen molar-refractivity contribution in [1.82, 2.24) is 0 Å². The van der Waals surface area contributed by atoms with Crippen LogP contribution in [0.25, 0.3) is 0 Å². The number of ether oxygens (including phenoxy) is 1. The third-order valence-corrected chi connectivity index (χ3v) is 5.40. The zero-order chi connectivity index (χ0) is 15.2. The minimum atomic E-state index is -0.149. The summed E-state index contributed by atoms with van der Waals surface area (Å²) in [4.78, 5) is 0. The summed E-state index contributed by atoms with van der Waals surface area (Å²) in [7, 11) is 0. The predicted molar refractivity (Wildman–Crippen MR) is 90.8 cm³/mol. The van der Waals surface area contributed by atoms with Crippen LogP contribution in [0.15, 0.2) is 22.7 Å². The van der Waals surface area contributed by atoms with Crippen molar-refractivity contribution in [3.05, 3.63) is 28.2 Å². The Labute approximate surface area is 137 Å². The van der Waals surface area contributed by atoms with Crippen LogP contribution in [0.3, 0.4) is 0 Å². The van der Waals surface area contributed by atoms with E-state index in [2.05, 4.69) is 35.0 Å². The molecule has 0 aliphatic heterocycles. The average Bonchev–Trinajstić information content (AvgIpc) is 2.45. The van der Waals surface area contributed by atoms with Gasteiger partial charge in [0.2, 0.25) is 0 Å². The highest BCUT2D eigenvalue weighted by atomic mass is 79.9. The van der Waals surface area contributed by atoms with E-state index in [9.17, 15) is 5.11 Å². The largest absolute Gasteiger partial charge is 0.490 e. The Morgan fingerprint density at radius 1 is 1.29 bits per heavy atom. The van der Waals surface area contributed by atoms with Gasteiger partial charge in [-0.2, -0.15) is 0 Å². The van der Waals surface area contributed by atoms with Crippen LogP contribution in [0.4, 0.5) is 0 Å². The van der Waals surface area contributed by atoms with Gasteiger partial charge in [0.25, 0.3) is 0 Å². The van der Waals surface area contributed by atoms with Crippen LogP contribution >= 0.6 is 15.9 Å². The molecule has 1 aliphatic carbocycles. The SMILES string of the molecule is Cc1c(Br)cccc1O[C@H]1CC[C@H](CCCC(C)O)CC1. The van der Waals surface area contributed by atoms with Gasteiger partial charge >= 0.3 is 0 Å². The maximum atomic E-state index is 9.31. The van der Waals surface area contributed by atoms with Crippen molar-refractivity contribution in [3.8, 4) is 5.75 Å². The van der Waals surface area contributed by atoms with Gasteiger partial charge in [0, 0.05) is 10.0 Å². The molecule has 1 unspecified atom stereocenters. The van der Waals surface area contributed by atoms with Gasteiger partial charge in [-0.25, -0.2) is 0 Å². The van der Waals surface area contributed by atoms with Gasteiger partial charge < -0.3 is 9.84 Å². The molecule has 1 aromatic rings. The second-order valence-corrected chi connectivity index (χ2v) is 7.26. The van der Waals surface area contributed by atoms with E-state index in [0.717, 1.165) is 41.8 Å². The fraction of sp³-hybridized carbons (Fsp3) is 0.667. The summed E-state index contributed by atoms with van der Waals surface area (Å²) in [5.41, 5.74) is 1.19. The maximum Gasteiger partial charge on any atom is 0.123 e. The Morgan fingerprint density at radius 3 is 2.67 bits per heavy atom. The van der Waals surface area contributed by atoms with Crippen molar-refractivity contribution in [3.63, 3.8) is 0 Å². The minimum absolute atomic E-state index is 0.149. The molecular formula is C18H27BrO2. The Morgan fingerprint density at radius 2 is 2.00 bits per heavy atom. The van der Waals surface area contributed by atoms with E-state index in [1.807, 2.05) is 13.0 Å². The monoisotopic (exact) mass is 354 g/mol. The van der Waals surface area contributed by atoms with Crippen LogP contribution in [0, 0.1) is 12.8 Å². The number of aliphatic hydroxyl groups excluding tert-OH is 1. The van der Waals surface area contributed by atoms with Crippen molar-refractivity contribution in [2.45, 2.75) is 71.0 Å². The highest BCUT2D eigenvalue weighted by Crippen LogP contribution is 2.33. The van der Waals surface area contributed by atoms with Crippen LogP contribution in [-0.4, -0.2) is 17.3 Å². The van der Waals surface area contributed by atoms with E-state index in [4.69, 9.17) is 4.74 Å². The number of hydrogen-bond donors (Lipinski definition) is 1. The molecule has 118 valence electrons. The van der Waals surface area contributed by atoms with Crippen molar-refractivity contribution >= 4 is 15.9 Å². The summed E-state index contributed by atoms with van der Waals surface area (Å²) in [6.45, 7) is 3.98. The van der Waals surface area contributed by atoms with Crippen molar-refractivity contribution < 1.29 is 9.84 Å². The molecule has 0 aromatic heterocycles. The molecule has 1 aromatic carbocycles. The molecule has 0 heterocycles. The molecule has 2 nitrogen and oxygen atoms in total. The van der Waals surface area contributed by atoms with Gasteiger partial charge in [-0.05, 0) is 64.0 Å². The quantitative estimate of drug-likeness (QED) is 0.756. The molecule has 2 rings (SSSR count). The Kier molecular flexibility index (Phi) is 6.56. The number of aliphatic hydroxyl groups is 1. The van der Waals surface area contributed by atoms with E-state index in [-0.39, 0.29) is 6.10 Å². The third kappa shape index (κ3) is 5.30. The highest BCUT2D eigenvalue weighted by molar-refractivity contribution is 9.10.